The minimum atomic E-state index is -0.288. The molecule has 4 aliphatic rings. The highest BCUT2D eigenvalue weighted by Crippen LogP contribution is 2.67. The number of aliphatic hydroxyl groups is 1. The van der Waals surface area contributed by atoms with Crippen LogP contribution in [0.5, 0.6) is 0 Å². The summed E-state index contributed by atoms with van der Waals surface area (Å²) in [5, 5.41) is 14.8. The van der Waals surface area contributed by atoms with Crippen molar-refractivity contribution >= 4 is 34.9 Å². The fourth-order valence-corrected chi connectivity index (χ4v) is 11.9. The Morgan fingerprint density at radius 1 is 0.943 bits per heavy atom. The molecule has 0 saturated heterocycles. The number of thioether (sulfide) groups is 2. The van der Waals surface area contributed by atoms with Crippen LogP contribution in [0.2, 0.25) is 0 Å². The first kappa shape index (κ1) is 46.5. The maximum absolute atomic E-state index is 12.7. The lowest BCUT2D eigenvalue weighted by Crippen LogP contribution is -2.51. The molecule has 3 N–H and O–H groups in total. The molecule has 4 rings (SSSR count). The largest absolute Gasteiger partial charge is 0.446 e. The van der Waals surface area contributed by atoms with Gasteiger partial charge in [-0.05, 0) is 104 Å². The molecule has 3 saturated carbocycles. The number of allylic oxidation sites excluding steroid dienone is 1. The van der Waals surface area contributed by atoms with E-state index >= 15 is 0 Å². The smallest absolute Gasteiger partial charge is 0.407 e. The zero-order chi connectivity index (χ0) is 39.2. The Morgan fingerprint density at radius 2 is 1.68 bits per heavy atom. The summed E-state index contributed by atoms with van der Waals surface area (Å²) in [6.07, 6.45) is 16.9. The van der Waals surface area contributed by atoms with Gasteiger partial charge in [-0.2, -0.15) is 11.8 Å². The van der Waals surface area contributed by atoms with Crippen molar-refractivity contribution in [2.24, 2.45) is 52.3 Å². The Kier molecular flexibility index (Phi) is 19.4. The van der Waals surface area contributed by atoms with Gasteiger partial charge >= 0.3 is 6.09 Å². The topological polar surface area (TPSA) is 96.9 Å². The van der Waals surface area contributed by atoms with Crippen LogP contribution in [0.15, 0.2) is 11.6 Å². The molecule has 4 aliphatic carbocycles. The van der Waals surface area contributed by atoms with Crippen LogP contribution in [0.4, 0.5) is 9.59 Å². The number of aliphatic hydroxyl groups excluding tert-OH is 1. The van der Waals surface area contributed by atoms with Crippen LogP contribution >= 0.6 is 23.5 Å². The van der Waals surface area contributed by atoms with Crippen LogP contribution in [0, 0.1) is 52.3 Å². The average molecular weight is 781 g/mol. The van der Waals surface area contributed by atoms with Crippen molar-refractivity contribution in [1.82, 2.24) is 10.6 Å². The SMILES string of the molecule is CC(C)C.CC(C)CCCC(C)C1CCC2C3CC=C4CC(OC(=O)NCCSCCOCCNC(=O)SC(C)(C)CCO)CC[C@]4(C)C3CC[C@]12C. The van der Waals surface area contributed by atoms with Gasteiger partial charge in [0.15, 0.2) is 0 Å². The minimum absolute atomic E-state index is 0.0204. The van der Waals surface area contributed by atoms with Crippen molar-refractivity contribution in [3.63, 3.8) is 0 Å². The molecule has 6 unspecified atom stereocenters. The number of nitrogens with one attached hydrogen (secondary N) is 2. The molecular formula is C44H80N2O5S2. The summed E-state index contributed by atoms with van der Waals surface area (Å²) in [5.74, 6) is 7.50. The molecule has 53 heavy (non-hydrogen) atoms. The lowest BCUT2D eigenvalue weighted by atomic mass is 9.47. The van der Waals surface area contributed by atoms with Gasteiger partial charge in [-0.1, -0.05) is 112 Å². The quantitative estimate of drug-likeness (QED) is 0.0941. The lowest BCUT2D eigenvalue weighted by Gasteiger charge is -2.58. The summed E-state index contributed by atoms with van der Waals surface area (Å²) < 4.78 is 11.3. The van der Waals surface area contributed by atoms with Gasteiger partial charge in [0.2, 0.25) is 0 Å². The van der Waals surface area contributed by atoms with E-state index in [1.54, 1.807) is 17.3 Å². The number of carbonyl (C=O) groups is 2. The Morgan fingerprint density at radius 3 is 2.38 bits per heavy atom. The van der Waals surface area contributed by atoms with E-state index in [0.29, 0.717) is 38.1 Å². The van der Waals surface area contributed by atoms with Crippen LogP contribution in [0.25, 0.3) is 0 Å². The fourth-order valence-electron chi connectivity index (χ4n) is 10.3. The summed E-state index contributed by atoms with van der Waals surface area (Å²) in [5.41, 5.74) is 2.35. The second-order valence-corrected chi connectivity index (χ2v) is 21.9. The number of hydrogen-bond acceptors (Lipinski definition) is 7. The highest BCUT2D eigenvalue weighted by molar-refractivity contribution is 8.14. The molecule has 2 amide bonds. The number of alkyl carbamates (subject to hydrolysis) is 1. The molecule has 0 aromatic heterocycles. The van der Waals surface area contributed by atoms with E-state index in [0.717, 1.165) is 72.2 Å². The molecule has 7 nitrogen and oxygen atoms in total. The maximum Gasteiger partial charge on any atom is 0.407 e. The van der Waals surface area contributed by atoms with Crippen LogP contribution in [-0.2, 0) is 9.47 Å². The highest BCUT2D eigenvalue weighted by Gasteiger charge is 2.59. The van der Waals surface area contributed by atoms with Crippen molar-refractivity contribution in [1.29, 1.82) is 0 Å². The Bertz CT molecular complexity index is 1140. The molecular weight excluding hydrogens is 701 g/mol. The van der Waals surface area contributed by atoms with E-state index in [-0.39, 0.29) is 34.2 Å². The average Bonchev–Trinajstić information content (AvgIpc) is 3.42. The van der Waals surface area contributed by atoms with Gasteiger partial charge in [-0.15, -0.1) is 0 Å². The number of rotatable bonds is 18. The van der Waals surface area contributed by atoms with Crippen LogP contribution in [0.1, 0.15) is 146 Å². The van der Waals surface area contributed by atoms with Gasteiger partial charge < -0.3 is 25.2 Å². The van der Waals surface area contributed by atoms with Crippen molar-refractivity contribution in [2.75, 3.05) is 44.4 Å². The molecule has 0 aliphatic heterocycles. The Balaban J connectivity index is 0.00000180. The number of ether oxygens (including phenoxy) is 2. The first-order chi connectivity index (χ1) is 25.0. The third kappa shape index (κ3) is 14.2. The third-order valence-electron chi connectivity index (χ3n) is 13.0. The number of hydrogen-bond donors (Lipinski definition) is 3. The van der Waals surface area contributed by atoms with E-state index in [9.17, 15) is 9.59 Å². The van der Waals surface area contributed by atoms with Crippen molar-refractivity contribution in [3.05, 3.63) is 11.6 Å². The summed E-state index contributed by atoms with van der Waals surface area (Å²) >= 11 is 2.95. The number of carbonyl (C=O) groups excluding carboxylic acids is 2. The van der Waals surface area contributed by atoms with Gasteiger partial charge in [0, 0.05) is 42.4 Å². The normalized spacial score (nSPS) is 30.0. The number of amides is 2. The summed E-state index contributed by atoms with van der Waals surface area (Å²) in [4.78, 5) is 24.7. The third-order valence-corrected chi connectivity index (χ3v) is 15.1. The maximum atomic E-state index is 12.7. The highest BCUT2D eigenvalue weighted by atomic mass is 32.2. The van der Waals surface area contributed by atoms with E-state index in [1.165, 1.54) is 63.1 Å². The molecule has 308 valence electrons. The summed E-state index contributed by atoms with van der Waals surface area (Å²) in [6, 6.07) is 0. The number of fused-ring (bicyclic) bond motifs is 5. The molecule has 0 radical (unpaired) electrons. The Labute approximate surface area is 333 Å². The standard InChI is InChI=1S/C40H70N2O5S2.C4H10/c1-28(2)9-8-10-29(3)33-13-14-34-32-12-11-30-27-31(15-17-39(30,6)35(32)16-18-40(33,34)7)47-36(44)41-21-25-48-26-24-46-23-20-42-37(45)49-38(4,5)19-22-43;1-4(2)3/h11,28-29,31-35,43H,8-10,12-27H2,1-7H3,(H,41,44)(H,42,45);4H,1-3H3/t29?,31?,32?,33?,34?,35?,39-,40+;/m0./s1. The predicted octanol–water partition coefficient (Wildman–Crippen LogP) is 11.1. The zero-order valence-electron chi connectivity index (χ0n) is 35.5. The molecule has 3 fully saturated rings. The molecule has 0 aromatic rings. The molecule has 0 heterocycles. The Hall–Kier alpha value is -0.900. The molecule has 0 aromatic carbocycles. The molecule has 8 atom stereocenters. The summed E-state index contributed by atoms with van der Waals surface area (Å²) in [7, 11) is 0. The molecule has 9 heteroatoms. The second kappa shape index (κ2) is 22.1. The first-order valence-corrected chi connectivity index (χ1v) is 23.4. The second-order valence-electron chi connectivity index (χ2n) is 19.0. The molecule has 0 spiro atoms. The predicted molar refractivity (Wildman–Crippen MR) is 227 cm³/mol. The van der Waals surface area contributed by atoms with E-state index < -0.39 is 0 Å². The van der Waals surface area contributed by atoms with Crippen LogP contribution in [0.3, 0.4) is 0 Å². The zero-order valence-corrected chi connectivity index (χ0v) is 37.2. The van der Waals surface area contributed by atoms with Gasteiger partial charge in [-0.25, -0.2) is 4.79 Å². The first-order valence-electron chi connectivity index (χ1n) is 21.4. The summed E-state index contributed by atoms with van der Waals surface area (Å²) in [6.45, 7) is 25.1. The van der Waals surface area contributed by atoms with Crippen molar-refractivity contribution in [3.8, 4) is 0 Å². The fraction of sp³-hybridized carbons (Fsp3) is 0.909. The van der Waals surface area contributed by atoms with Crippen LogP contribution in [-0.4, -0.2) is 71.7 Å². The van der Waals surface area contributed by atoms with Gasteiger partial charge in [-0.3, -0.25) is 4.79 Å². The van der Waals surface area contributed by atoms with Crippen molar-refractivity contribution < 1.29 is 24.2 Å². The van der Waals surface area contributed by atoms with Gasteiger partial charge in [0.1, 0.15) is 6.10 Å². The minimum Gasteiger partial charge on any atom is -0.446 e. The monoisotopic (exact) mass is 781 g/mol. The molecule has 0 bridgehead atoms. The van der Waals surface area contributed by atoms with Gasteiger partial charge in [0.05, 0.1) is 13.2 Å². The van der Waals surface area contributed by atoms with E-state index in [4.69, 9.17) is 14.6 Å². The van der Waals surface area contributed by atoms with E-state index in [2.05, 4.69) is 72.1 Å². The van der Waals surface area contributed by atoms with Crippen molar-refractivity contribution in [2.45, 2.75) is 157 Å². The lowest BCUT2D eigenvalue weighted by molar-refractivity contribution is -0.0581. The van der Waals surface area contributed by atoms with E-state index in [1.807, 2.05) is 13.8 Å². The van der Waals surface area contributed by atoms with Crippen LogP contribution < -0.4 is 10.6 Å². The van der Waals surface area contributed by atoms with Gasteiger partial charge in [0.25, 0.3) is 5.24 Å².